The number of nitrogens with zero attached hydrogens (tertiary/aromatic N) is 2. The number of anilines is 1. The summed E-state index contributed by atoms with van der Waals surface area (Å²) in [5, 5.41) is 7.74. The van der Waals surface area contributed by atoms with Gasteiger partial charge in [0.15, 0.2) is 5.69 Å². The molecule has 5 rings (SSSR count). The molecule has 0 fully saturated rings. The molecule has 3 heterocycles. The van der Waals surface area contributed by atoms with Gasteiger partial charge in [-0.2, -0.15) is 0 Å². The van der Waals surface area contributed by atoms with Crippen molar-refractivity contribution in [3.63, 3.8) is 0 Å². The minimum atomic E-state index is -0.778. The average molecular weight is 656 g/mol. The van der Waals surface area contributed by atoms with Crippen LogP contribution in [-0.4, -0.2) is 67.9 Å². The topological polar surface area (TPSA) is 153 Å². The smallest absolute Gasteiger partial charge is 0.357 e. The van der Waals surface area contributed by atoms with E-state index in [0.29, 0.717) is 47.7 Å². The van der Waals surface area contributed by atoms with E-state index in [2.05, 4.69) is 15.6 Å². The van der Waals surface area contributed by atoms with Gasteiger partial charge >= 0.3 is 5.97 Å². The second-order valence-corrected chi connectivity index (χ2v) is 12.2. The van der Waals surface area contributed by atoms with E-state index in [1.807, 2.05) is 24.4 Å². The van der Waals surface area contributed by atoms with Gasteiger partial charge in [0, 0.05) is 60.7 Å². The van der Waals surface area contributed by atoms with Crippen molar-refractivity contribution in [1.29, 1.82) is 0 Å². The molecule has 47 heavy (non-hydrogen) atoms. The predicted octanol–water partition coefficient (Wildman–Crippen LogP) is 5.06. The van der Waals surface area contributed by atoms with E-state index in [1.165, 1.54) is 18.1 Å². The molecule has 3 amide bonds. The number of rotatable bonds is 9. The first kappa shape index (κ1) is 33.3. The van der Waals surface area contributed by atoms with Gasteiger partial charge in [0.2, 0.25) is 0 Å². The first-order valence-corrected chi connectivity index (χ1v) is 16.1. The summed E-state index contributed by atoms with van der Waals surface area (Å²) in [6.07, 6.45) is 1.41. The van der Waals surface area contributed by atoms with Gasteiger partial charge in [-0.25, -0.2) is 9.78 Å². The van der Waals surface area contributed by atoms with Crippen molar-refractivity contribution >= 4 is 40.7 Å². The SMILES string of the molecule is CCCNC(=O)c1ccc(-c2cc3c(cc2C(=O)Nc2c(C)cc(CN)cc2C(=O)N(C)C)-c2sccc2CCO3)c(C(=O)OC)n1. The molecular weight excluding hydrogens is 618 g/mol. The van der Waals surface area contributed by atoms with Crippen LogP contribution in [-0.2, 0) is 17.7 Å². The first-order valence-electron chi connectivity index (χ1n) is 15.2. The lowest BCUT2D eigenvalue weighted by Crippen LogP contribution is -2.26. The molecule has 0 unspecified atom stereocenters. The Hall–Kier alpha value is -5.07. The number of methoxy groups -OCH3 is 1. The second kappa shape index (κ2) is 14.1. The number of thiophene rings is 1. The Kier molecular flexibility index (Phi) is 10.0. The van der Waals surface area contributed by atoms with Gasteiger partial charge in [-0.3, -0.25) is 14.4 Å². The highest BCUT2D eigenvalue weighted by Crippen LogP contribution is 2.43. The largest absolute Gasteiger partial charge is 0.493 e. The number of nitrogens with one attached hydrogen (secondary N) is 2. The number of hydrogen-bond acceptors (Lipinski definition) is 9. The van der Waals surface area contributed by atoms with Crippen molar-refractivity contribution in [2.45, 2.75) is 33.2 Å². The molecule has 0 bridgehead atoms. The molecule has 2 aromatic heterocycles. The standard InChI is InChI=1S/C35H37N5O6S/c1-6-11-37-33(42)27-8-7-22(30(38-27)35(44)45-5)23-17-28-25(31-21(9-12-46-28)10-13-47-31)16-24(23)32(41)39-29-19(2)14-20(18-36)15-26(29)34(43)40(3)4/h7-8,10,13-17H,6,9,11-12,18,36H2,1-5H3,(H,37,42)(H,39,41). The fourth-order valence-electron chi connectivity index (χ4n) is 5.45. The Balaban J connectivity index is 1.72. The molecule has 0 atom stereocenters. The van der Waals surface area contributed by atoms with Crippen LogP contribution in [0.1, 0.15) is 71.7 Å². The van der Waals surface area contributed by atoms with E-state index < -0.39 is 17.8 Å². The summed E-state index contributed by atoms with van der Waals surface area (Å²) in [5.74, 6) is -1.51. The molecular formula is C35H37N5O6S. The number of nitrogens with two attached hydrogens (primary N) is 1. The van der Waals surface area contributed by atoms with Crippen molar-refractivity contribution in [3.05, 3.63) is 87.0 Å². The van der Waals surface area contributed by atoms with Gasteiger partial charge in [0.1, 0.15) is 11.4 Å². The molecule has 0 aliphatic carbocycles. The van der Waals surface area contributed by atoms with E-state index in [9.17, 15) is 19.2 Å². The lowest BCUT2D eigenvalue weighted by molar-refractivity contribution is 0.0594. The van der Waals surface area contributed by atoms with Gasteiger partial charge in [-0.15, -0.1) is 11.3 Å². The maximum absolute atomic E-state index is 14.4. The summed E-state index contributed by atoms with van der Waals surface area (Å²) in [4.78, 5) is 60.4. The highest BCUT2D eigenvalue weighted by atomic mass is 32.1. The van der Waals surface area contributed by atoms with Gasteiger partial charge in [0.05, 0.1) is 25.0 Å². The normalized spacial score (nSPS) is 11.8. The number of benzene rings is 2. The zero-order valence-corrected chi connectivity index (χ0v) is 27.8. The zero-order valence-electron chi connectivity index (χ0n) is 27.0. The fraction of sp³-hybridized carbons (Fsp3) is 0.286. The van der Waals surface area contributed by atoms with Crippen LogP contribution in [0.2, 0.25) is 0 Å². The number of carbonyl (C=O) groups excluding carboxylic acids is 4. The molecule has 4 aromatic rings. The number of amides is 3. The summed E-state index contributed by atoms with van der Waals surface area (Å²) in [6.45, 7) is 4.81. The molecule has 0 spiro atoms. The maximum atomic E-state index is 14.4. The van der Waals surface area contributed by atoms with Crippen LogP contribution in [0, 0.1) is 6.92 Å². The summed E-state index contributed by atoms with van der Waals surface area (Å²) in [7, 11) is 4.49. The number of aryl methyl sites for hydroxylation is 1. The molecule has 11 nitrogen and oxygen atoms in total. The Morgan fingerprint density at radius 2 is 1.81 bits per heavy atom. The van der Waals surface area contributed by atoms with Crippen LogP contribution in [0.4, 0.5) is 5.69 Å². The second-order valence-electron chi connectivity index (χ2n) is 11.3. The van der Waals surface area contributed by atoms with E-state index in [4.69, 9.17) is 15.2 Å². The molecule has 12 heteroatoms. The third-order valence-electron chi connectivity index (χ3n) is 7.82. The van der Waals surface area contributed by atoms with Crippen molar-refractivity contribution < 1.29 is 28.7 Å². The van der Waals surface area contributed by atoms with Crippen molar-refractivity contribution in [2.24, 2.45) is 5.73 Å². The number of esters is 1. The summed E-state index contributed by atoms with van der Waals surface area (Å²) >= 11 is 1.54. The average Bonchev–Trinajstić information content (AvgIpc) is 3.47. The van der Waals surface area contributed by atoms with Crippen LogP contribution in [0.25, 0.3) is 21.6 Å². The number of fused-ring (bicyclic) bond motifs is 3. The van der Waals surface area contributed by atoms with Crippen LogP contribution in [0.3, 0.4) is 0 Å². The predicted molar refractivity (Wildman–Crippen MR) is 181 cm³/mol. The van der Waals surface area contributed by atoms with E-state index in [1.54, 1.807) is 56.6 Å². The minimum absolute atomic E-state index is 0.0327. The third kappa shape index (κ3) is 6.74. The summed E-state index contributed by atoms with van der Waals surface area (Å²) < 4.78 is 11.2. The van der Waals surface area contributed by atoms with Crippen LogP contribution < -0.4 is 21.1 Å². The van der Waals surface area contributed by atoms with Crippen LogP contribution in [0.5, 0.6) is 5.75 Å². The molecule has 4 N–H and O–H groups in total. The van der Waals surface area contributed by atoms with Gasteiger partial charge in [-0.05, 0) is 71.8 Å². The quantitative estimate of drug-likeness (QED) is 0.212. The highest BCUT2D eigenvalue weighted by molar-refractivity contribution is 7.13. The minimum Gasteiger partial charge on any atom is -0.493 e. The fourth-order valence-corrected chi connectivity index (χ4v) is 6.42. The van der Waals surface area contributed by atoms with Gasteiger partial charge in [-0.1, -0.05) is 13.0 Å². The van der Waals surface area contributed by atoms with Gasteiger partial charge in [0.25, 0.3) is 17.7 Å². The molecule has 2 aromatic carbocycles. The van der Waals surface area contributed by atoms with Crippen molar-refractivity contribution in [1.82, 2.24) is 15.2 Å². The highest BCUT2D eigenvalue weighted by Gasteiger charge is 2.28. The number of hydrogen-bond donors (Lipinski definition) is 3. The third-order valence-corrected chi connectivity index (χ3v) is 8.81. The lowest BCUT2D eigenvalue weighted by Gasteiger charge is -2.20. The Morgan fingerprint density at radius 3 is 2.51 bits per heavy atom. The van der Waals surface area contributed by atoms with Crippen LogP contribution in [0.15, 0.2) is 47.8 Å². The molecule has 244 valence electrons. The number of carbonyl (C=O) groups is 4. The maximum Gasteiger partial charge on any atom is 0.357 e. The molecule has 0 radical (unpaired) electrons. The molecule has 1 aliphatic rings. The lowest BCUT2D eigenvalue weighted by atomic mass is 9.93. The van der Waals surface area contributed by atoms with Crippen molar-refractivity contribution in [3.8, 4) is 27.3 Å². The Morgan fingerprint density at radius 1 is 1.02 bits per heavy atom. The first-order chi connectivity index (χ1) is 22.6. The van der Waals surface area contributed by atoms with Gasteiger partial charge < -0.3 is 30.7 Å². The number of aromatic nitrogens is 1. The molecule has 0 saturated carbocycles. The van der Waals surface area contributed by atoms with E-state index in [-0.39, 0.29) is 35.0 Å². The molecule has 1 aliphatic heterocycles. The summed E-state index contributed by atoms with van der Waals surface area (Å²) in [5.41, 5.74) is 10.5. The Bertz CT molecular complexity index is 1880. The molecule has 0 saturated heterocycles. The monoisotopic (exact) mass is 655 g/mol. The van der Waals surface area contributed by atoms with E-state index >= 15 is 0 Å². The summed E-state index contributed by atoms with van der Waals surface area (Å²) in [6, 6.07) is 12.1. The van der Waals surface area contributed by atoms with Crippen LogP contribution >= 0.6 is 11.3 Å². The van der Waals surface area contributed by atoms with Crippen molar-refractivity contribution in [2.75, 3.05) is 39.7 Å². The zero-order chi connectivity index (χ0) is 33.8. The van der Waals surface area contributed by atoms with E-state index in [0.717, 1.165) is 28.0 Å². The number of pyridine rings is 1. The number of ether oxygens (including phenoxy) is 2. The Labute approximate surface area is 277 Å².